The molecule has 0 aliphatic heterocycles. The lowest BCUT2D eigenvalue weighted by molar-refractivity contribution is 0.132. The molecule has 23 heavy (non-hydrogen) atoms. The van der Waals surface area contributed by atoms with Crippen molar-refractivity contribution in [3.05, 3.63) is 71.9 Å². The van der Waals surface area contributed by atoms with Crippen molar-refractivity contribution in [3.8, 4) is 0 Å². The first kappa shape index (κ1) is 15.6. The second kappa shape index (κ2) is 6.48. The number of nitrogens with one attached hydrogen (secondary N) is 1. The Morgan fingerprint density at radius 1 is 1.09 bits per heavy atom. The fraction of sp³-hybridized carbons (Fsp3) is 0.222. The molecule has 0 saturated carbocycles. The van der Waals surface area contributed by atoms with Gasteiger partial charge in [0, 0.05) is 18.1 Å². The zero-order valence-corrected chi connectivity index (χ0v) is 12.7. The first-order valence-corrected chi connectivity index (χ1v) is 7.45. The second-order valence-electron chi connectivity index (χ2n) is 5.50. The van der Waals surface area contributed by atoms with E-state index in [0.29, 0.717) is 12.1 Å². The SMILES string of the molecule is CNCC(O)C(c1ccccc1)n1ccc2c(F)c(F)ccc21. The van der Waals surface area contributed by atoms with E-state index in [1.165, 1.54) is 12.1 Å². The molecule has 2 N–H and O–H groups in total. The third-order valence-electron chi connectivity index (χ3n) is 4.01. The van der Waals surface area contributed by atoms with Gasteiger partial charge in [-0.15, -0.1) is 0 Å². The standard InChI is InChI=1S/C18H18F2N2O/c1-21-11-16(23)18(12-5-3-2-4-6-12)22-10-9-13-15(22)8-7-14(19)17(13)20/h2-10,16,18,21,23H,11H2,1H3. The second-order valence-corrected chi connectivity index (χ2v) is 5.50. The highest BCUT2D eigenvalue weighted by molar-refractivity contribution is 5.81. The highest BCUT2D eigenvalue weighted by atomic mass is 19.2. The Labute approximate surface area is 133 Å². The number of benzene rings is 2. The van der Waals surface area contributed by atoms with Crippen LogP contribution in [0.15, 0.2) is 54.7 Å². The molecule has 2 aromatic carbocycles. The quantitative estimate of drug-likeness (QED) is 0.759. The van der Waals surface area contributed by atoms with Gasteiger partial charge in [-0.05, 0) is 30.8 Å². The molecule has 0 saturated heterocycles. The molecule has 0 amide bonds. The first-order valence-electron chi connectivity index (χ1n) is 7.45. The summed E-state index contributed by atoms with van der Waals surface area (Å²) in [4.78, 5) is 0. The van der Waals surface area contributed by atoms with Crippen molar-refractivity contribution >= 4 is 10.9 Å². The number of aromatic nitrogens is 1. The maximum absolute atomic E-state index is 14.0. The van der Waals surface area contributed by atoms with Crippen LogP contribution in [0.4, 0.5) is 8.78 Å². The van der Waals surface area contributed by atoms with Crippen LogP contribution < -0.4 is 5.32 Å². The lowest BCUT2D eigenvalue weighted by Crippen LogP contribution is -2.33. The van der Waals surface area contributed by atoms with E-state index in [0.717, 1.165) is 11.6 Å². The van der Waals surface area contributed by atoms with Crippen LogP contribution in [0.3, 0.4) is 0 Å². The molecule has 1 aromatic heterocycles. The monoisotopic (exact) mass is 316 g/mol. The van der Waals surface area contributed by atoms with Crippen molar-refractivity contribution in [2.45, 2.75) is 12.1 Å². The van der Waals surface area contributed by atoms with Gasteiger partial charge in [0.05, 0.1) is 17.7 Å². The van der Waals surface area contributed by atoms with E-state index in [4.69, 9.17) is 0 Å². The third-order valence-corrected chi connectivity index (χ3v) is 4.01. The van der Waals surface area contributed by atoms with Crippen molar-refractivity contribution in [2.24, 2.45) is 0 Å². The van der Waals surface area contributed by atoms with Gasteiger partial charge < -0.3 is 15.0 Å². The number of rotatable bonds is 5. The summed E-state index contributed by atoms with van der Waals surface area (Å²) in [5.41, 5.74) is 1.45. The number of hydrogen-bond donors (Lipinski definition) is 2. The Balaban J connectivity index is 2.16. The fourth-order valence-corrected chi connectivity index (χ4v) is 2.96. The molecule has 120 valence electrons. The van der Waals surface area contributed by atoms with Crippen molar-refractivity contribution in [1.82, 2.24) is 9.88 Å². The lowest BCUT2D eigenvalue weighted by Gasteiger charge is -2.26. The van der Waals surface area contributed by atoms with Gasteiger partial charge >= 0.3 is 0 Å². The number of likely N-dealkylation sites (N-methyl/N-ethyl adjacent to an activating group) is 1. The van der Waals surface area contributed by atoms with Crippen molar-refractivity contribution in [1.29, 1.82) is 0 Å². The molecule has 0 spiro atoms. The number of hydrogen-bond acceptors (Lipinski definition) is 2. The molecular weight excluding hydrogens is 298 g/mol. The summed E-state index contributed by atoms with van der Waals surface area (Å²) in [6.45, 7) is 0.378. The lowest BCUT2D eigenvalue weighted by atomic mass is 10.0. The number of aliphatic hydroxyl groups is 1. The molecule has 0 aliphatic rings. The largest absolute Gasteiger partial charge is 0.389 e. The molecule has 0 radical (unpaired) electrons. The summed E-state index contributed by atoms with van der Waals surface area (Å²) in [6, 6.07) is 13.3. The summed E-state index contributed by atoms with van der Waals surface area (Å²) < 4.78 is 29.2. The van der Waals surface area contributed by atoms with Gasteiger partial charge in [0.15, 0.2) is 11.6 Å². The van der Waals surface area contributed by atoms with E-state index in [9.17, 15) is 13.9 Å². The number of aliphatic hydroxyl groups excluding tert-OH is 1. The van der Waals surface area contributed by atoms with Gasteiger partial charge in [-0.3, -0.25) is 0 Å². The van der Waals surface area contributed by atoms with Crippen LogP contribution >= 0.6 is 0 Å². The fourth-order valence-electron chi connectivity index (χ4n) is 2.96. The number of fused-ring (bicyclic) bond motifs is 1. The average molecular weight is 316 g/mol. The van der Waals surface area contributed by atoms with Crippen molar-refractivity contribution < 1.29 is 13.9 Å². The van der Waals surface area contributed by atoms with Gasteiger partial charge in [0.2, 0.25) is 0 Å². The van der Waals surface area contributed by atoms with E-state index in [1.54, 1.807) is 17.8 Å². The molecule has 3 rings (SSSR count). The molecule has 5 heteroatoms. The summed E-state index contributed by atoms with van der Waals surface area (Å²) in [5, 5.41) is 13.7. The van der Waals surface area contributed by atoms with Crippen LogP contribution in [0.1, 0.15) is 11.6 Å². The van der Waals surface area contributed by atoms with E-state index < -0.39 is 23.8 Å². The summed E-state index contributed by atoms with van der Waals surface area (Å²) in [7, 11) is 1.76. The molecule has 2 atom stereocenters. The Hall–Kier alpha value is -2.24. The average Bonchev–Trinajstić information content (AvgIpc) is 2.97. The number of nitrogens with zero attached hydrogens (tertiary/aromatic N) is 1. The van der Waals surface area contributed by atoms with Gasteiger partial charge in [-0.1, -0.05) is 30.3 Å². The molecular formula is C18H18F2N2O. The normalized spacial score (nSPS) is 14.1. The maximum Gasteiger partial charge on any atom is 0.168 e. The summed E-state index contributed by atoms with van der Waals surface area (Å²) >= 11 is 0. The van der Waals surface area contributed by atoms with E-state index in [2.05, 4.69) is 5.32 Å². The van der Waals surface area contributed by atoms with Crippen LogP contribution in [0, 0.1) is 11.6 Å². The number of halogens is 2. The molecule has 3 aromatic rings. The smallest absolute Gasteiger partial charge is 0.168 e. The van der Waals surface area contributed by atoms with E-state index in [1.807, 2.05) is 30.3 Å². The van der Waals surface area contributed by atoms with Crippen LogP contribution in [0.5, 0.6) is 0 Å². The third kappa shape index (κ3) is 2.85. The Kier molecular flexibility index (Phi) is 4.41. The molecule has 3 nitrogen and oxygen atoms in total. The predicted molar refractivity (Wildman–Crippen MR) is 86.4 cm³/mol. The zero-order chi connectivity index (χ0) is 16.4. The summed E-state index contributed by atoms with van der Waals surface area (Å²) in [5.74, 6) is -1.74. The van der Waals surface area contributed by atoms with E-state index in [-0.39, 0.29) is 5.39 Å². The van der Waals surface area contributed by atoms with Gasteiger partial charge in [0.1, 0.15) is 0 Å². The van der Waals surface area contributed by atoms with Gasteiger partial charge in [0.25, 0.3) is 0 Å². The summed E-state index contributed by atoms with van der Waals surface area (Å²) in [6.07, 6.45) is 0.968. The zero-order valence-electron chi connectivity index (χ0n) is 12.7. The van der Waals surface area contributed by atoms with Crippen LogP contribution in [-0.2, 0) is 0 Å². The molecule has 1 heterocycles. The van der Waals surface area contributed by atoms with Gasteiger partial charge in [-0.25, -0.2) is 8.78 Å². The Bertz CT molecular complexity index is 801. The Morgan fingerprint density at radius 2 is 1.83 bits per heavy atom. The van der Waals surface area contributed by atoms with Crippen molar-refractivity contribution in [2.75, 3.05) is 13.6 Å². The minimum Gasteiger partial charge on any atom is -0.389 e. The minimum atomic E-state index is -0.873. The van der Waals surface area contributed by atoms with Crippen LogP contribution in [-0.4, -0.2) is 29.4 Å². The van der Waals surface area contributed by atoms with Gasteiger partial charge in [-0.2, -0.15) is 0 Å². The molecule has 0 aliphatic carbocycles. The van der Waals surface area contributed by atoms with Crippen LogP contribution in [0.25, 0.3) is 10.9 Å². The Morgan fingerprint density at radius 3 is 2.52 bits per heavy atom. The predicted octanol–water partition coefficient (Wildman–Crippen LogP) is 3.09. The molecule has 2 unspecified atom stereocenters. The maximum atomic E-state index is 14.0. The van der Waals surface area contributed by atoms with Crippen molar-refractivity contribution in [3.63, 3.8) is 0 Å². The molecule has 0 bridgehead atoms. The highest BCUT2D eigenvalue weighted by Gasteiger charge is 2.24. The first-order chi connectivity index (χ1) is 11.1. The van der Waals surface area contributed by atoms with E-state index >= 15 is 0 Å². The highest BCUT2D eigenvalue weighted by Crippen LogP contribution is 2.29. The minimum absolute atomic E-state index is 0.211. The van der Waals surface area contributed by atoms with Crippen LogP contribution in [0.2, 0.25) is 0 Å². The topological polar surface area (TPSA) is 37.2 Å². The molecule has 0 fully saturated rings.